The Morgan fingerprint density at radius 3 is 1.96 bits per heavy atom. The molecule has 2 rings (SSSR count). The number of hydrogen-bond donors (Lipinski definition) is 4. The molecule has 71 heavy (non-hydrogen) atoms. The molecule has 24 heteroatoms. The van der Waals surface area contributed by atoms with Gasteiger partial charge in [-0.05, 0) is 52.0 Å². The molecule has 1 aromatic carbocycles. The van der Waals surface area contributed by atoms with Crippen molar-refractivity contribution in [3.63, 3.8) is 0 Å². The number of cyclic esters (lactones) is 2. The molecule has 1 unspecified atom stereocenters. The number of carbonyl (C=O) groups excluding carboxylic acids is 10. The van der Waals surface area contributed by atoms with E-state index in [9.17, 15) is 52.6 Å². The van der Waals surface area contributed by atoms with Crippen LogP contribution in [0.3, 0.4) is 0 Å². The molecule has 0 saturated carbocycles. The number of rotatable bonds is 15. The minimum absolute atomic E-state index is 0.244. The van der Waals surface area contributed by atoms with E-state index in [4.69, 9.17) is 23.5 Å². The average molecular weight is 1020 g/mol. The Kier molecular flexibility index (Phi) is 23.6. The minimum Gasteiger partial charge on any atom is -0.459 e. The van der Waals surface area contributed by atoms with Crippen LogP contribution in [0.15, 0.2) is 42.6 Å². The van der Waals surface area contributed by atoms with Gasteiger partial charge in [-0.2, -0.15) is 0 Å². The van der Waals surface area contributed by atoms with Gasteiger partial charge in [-0.25, -0.2) is 9.59 Å². The molecule has 1 saturated heterocycles. The van der Waals surface area contributed by atoms with Crippen molar-refractivity contribution in [1.82, 2.24) is 30.7 Å². The zero-order chi connectivity index (χ0) is 54.3. The van der Waals surface area contributed by atoms with Crippen molar-refractivity contribution < 1.29 is 80.9 Å². The monoisotopic (exact) mass is 1020 g/mol. The van der Waals surface area contributed by atoms with E-state index in [1.165, 1.54) is 62.7 Å². The van der Waals surface area contributed by atoms with Crippen LogP contribution in [0.5, 0.6) is 0 Å². The number of ether oxygens (including phenoxy) is 4. The fourth-order valence-corrected chi connectivity index (χ4v) is 7.94. The Labute approximate surface area is 414 Å². The van der Waals surface area contributed by atoms with Crippen molar-refractivity contribution in [2.45, 2.75) is 143 Å². The van der Waals surface area contributed by atoms with Crippen LogP contribution in [-0.2, 0) is 82.4 Å². The number of nitrogens with one attached hydrogen (secondary N) is 3. The molecule has 0 aliphatic carbocycles. The quantitative estimate of drug-likeness (QED) is 0.0828. The maximum Gasteiger partial charge on any atom is 0.695 e. The summed E-state index contributed by atoms with van der Waals surface area (Å²) >= 11 is 0. The van der Waals surface area contributed by atoms with Gasteiger partial charge in [-0.15, -0.1) is 9.42 Å². The number of benzene rings is 1. The first-order valence-corrected chi connectivity index (χ1v) is 24.0. The van der Waals surface area contributed by atoms with Crippen molar-refractivity contribution >= 4 is 67.4 Å². The minimum atomic E-state index is -3.25. The molecule has 23 nitrogen and oxygen atoms in total. The van der Waals surface area contributed by atoms with E-state index in [-0.39, 0.29) is 6.42 Å². The molecule has 1 heterocycles. The van der Waals surface area contributed by atoms with Crippen LogP contribution < -0.4 is 16.0 Å². The summed E-state index contributed by atoms with van der Waals surface area (Å²) in [6.45, 7) is 17.4. The van der Waals surface area contributed by atoms with Crippen molar-refractivity contribution in [2.75, 3.05) is 28.3 Å². The number of hydrogen-bond acceptors (Lipinski definition) is 16. The van der Waals surface area contributed by atoms with Gasteiger partial charge in [0.2, 0.25) is 23.6 Å². The Bertz CT molecular complexity index is 2160. The lowest BCUT2D eigenvalue weighted by Crippen LogP contribution is -2.63. The van der Waals surface area contributed by atoms with Crippen molar-refractivity contribution in [1.29, 1.82) is 0 Å². The smallest absolute Gasteiger partial charge is 0.459 e. The predicted octanol–water partition coefficient (Wildman–Crippen LogP) is 1.12. The lowest BCUT2D eigenvalue weighted by molar-refractivity contribution is -0.177. The molecule has 0 spiro atoms. The van der Waals surface area contributed by atoms with Crippen molar-refractivity contribution in [2.24, 2.45) is 17.8 Å². The summed E-state index contributed by atoms with van der Waals surface area (Å²) in [7, 11) is 1.54. The van der Waals surface area contributed by atoms with E-state index in [1.54, 1.807) is 44.2 Å². The second-order valence-electron chi connectivity index (χ2n) is 18.1. The molecule has 1 aromatic rings. The topological polar surface area (TPSA) is 300 Å². The van der Waals surface area contributed by atoms with E-state index < -0.39 is 158 Å². The zero-order valence-electron chi connectivity index (χ0n) is 42.8. The third-order valence-electron chi connectivity index (χ3n) is 11.9. The Morgan fingerprint density at radius 1 is 0.859 bits per heavy atom. The number of likely N-dealkylation sites (N-methyl/N-ethyl adjacent to an activating group) is 3. The van der Waals surface area contributed by atoms with Crippen LogP contribution in [0.1, 0.15) is 81.2 Å². The number of esters is 3. The highest BCUT2D eigenvalue weighted by atomic mass is 31.1. The molecule has 0 aromatic heterocycles. The molecule has 12 atom stereocenters. The van der Waals surface area contributed by atoms with Gasteiger partial charge in [0.25, 0.3) is 11.8 Å². The maximum absolute atomic E-state index is 15.1. The van der Waals surface area contributed by atoms with Gasteiger partial charge in [-0.3, -0.25) is 33.6 Å². The number of carbonyl (C=O) groups is 10. The van der Waals surface area contributed by atoms with Gasteiger partial charge in [-0.1, -0.05) is 64.6 Å². The molecule has 1 aliphatic rings. The van der Waals surface area contributed by atoms with Crippen molar-refractivity contribution in [3.8, 4) is 0 Å². The van der Waals surface area contributed by atoms with Gasteiger partial charge >= 0.3 is 26.2 Å². The Balaban J connectivity index is 2.97. The van der Waals surface area contributed by atoms with Crippen LogP contribution >= 0.6 is 8.25 Å². The van der Waals surface area contributed by atoms with E-state index in [2.05, 4.69) is 22.5 Å². The van der Waals surface area contributed by atoms with Gasteiger partial charge < -0.3 is 54.4 Å². The van der Waals surface area contributed by atoms with E-state index in [1.807, 2.05) is 0 Å². The first-order chi connectivity index (χ1) is 33.0. The third-order valence-corrected chi connectivity index (χ3v) is 12.4. The first-order valence-electron chi connectivity index (χ1n) is 22.9. The molecular formula is C47H70N6O17P+. The molecule has 6 amide bonds. The summed E-state index contributed by atoms with van der Waals surface area (Å²) < 4.78 is 39.9. The number of Topliss-reactive ketones (excluding diaryl/α,β-unsaturated/α-hetero) is 1. The zero-order valence-corrected chi connectivity index (χ0v) is 43.7. The van der Waals surface area contributed by atoms with Gasteiger partial charge in [0.15, 0.2) is 18.2 Å². The second kappa shape index (κ2) is 27.4. The fourth-order valence-electron chi connectivity index (χ4n) is 7.51. The summed E-state index contributed by atoms with van der Waals surface area (Å²) in [5, 5.41) is 7.44. The van der Waals surface area contributed by atoms with E-state index in [0.717, 1.165) is 35.6 Å². The molecule has 1 aliphatic heterocycles. The Hall–Kier alpha value is -6.16. The van der Waals surface area contributed by atoms with Crippen LogP contribution in [0.4, 0.5) is 0 Å². The van der Waals surface area contributed by atoms with Crippen LogP contribution in [0, 0.1) is 17.8 Å². The lowest BCUT2D eigenvalue weighted by atomic mass is 9.94. The predicted molar refractivity (Wildman–Crippen MR) is 253 cm³/mol. The second-order valence-corrected chi connectivity index (χ2v) is 18.8. The summed E-state index contributed by atoms with van der Waals surface area (Å²) in [6.07, 6.45) is -8.22. The normalized spacial score (nSPS) is 24.9. The fraction of sp³-hybridized carbons (Fsp3) is 0.617. The summed E-state index contributed by atoms with van der Waals surface area (Å²) in [6, 6.07) is 0.138. The van der Waals surface area contributed by atoms with Crippen molar-refractivity contribution in [3.05, 3.63) is 48.2 Å². The highest BCUT2D eigenvalue weighted by Crippen LogP contribution is 2.28. The van der Waals surface area contributed by atoms with Gasteiger partial charge in [0, 0.05) is 52.6 Å². The van der Waals surface area contributed by atoms with Gasteiger partial charge in [0.1, 0.15) is 47.9 Å². The number of methoxy groups -OCH3 is 1. The molecule has 0 radical (unpaired) electrons. The first kappa shape index (κ1) is 61.0. The van der Waals surface area contributed by atoms with Gasteiger partial charge in [0.05, 0.1) is 12.0 Å². The largest absolute Gasteiger partial charge is 0.695 e. The van der Waals surface area contributed by atoms with E-state index >= 15 is 4.79 Å². The van der Waals surface area contributed by atoms with Crippen LogP contribution in [-0.4, -0.2) is 168 Å². The molecule has 4 N–H and O–H groups in total. The SMILES string of the molecule is C=C1C(=O)N[C@@H](C)C(=O)N(C)[C@@H](C)C(=O)N[C@@H]([C@H](OC(=O)[C@@H](CC(C)=O)[C@@H](C)O[P+](=O)O)C(C)C)C(=O)N(C)[C@@H]([C@@H](C)OC)C(=O)O[C@H](C(C)C)[C@H](NC(C)=O)C(=O)O[C@H](Cc2ccccc2)C(=O)N1C. The molecule has 0 bridgehead atoms. The molecule has 394 valence electrons. The standard InChI is InChI=1S/C47H69N6O17P/c1-23(2)38(68-45(61)33(21-25(5)54)29(9)70-71(64)65)35-44(60)53(14)37(30(10)66-15)47(63)69-39(24(3)4)36(49-31(11)55)46(62)67-34(22-32-19-17-16-18-20-32)43(59)52(13)27(7)40(56)48-26(6)42(58)51(12)28(8)41(57)50-35/h16-20,23-24,26,28-30,33-39H,7,21-22H2,1-6,8-15H3,(H3-,48,49,50,55,56,57,64,65)/p+1/t26-,28-,29+,30+,33-,34+,35-,36-,37-,38+,39+/m0/s1. The van der Waals surface area contributed by atoms with Crippen LogP contribution in [0.25, 0.3) is 0 Å². The number of nitrogens with zero attached hydrogens (tertiary/aromatic N) is 3. The number of amides is 6. The highest BCUT2D eigenvalue weighted by Gasteiger charge is 2.47. The van der Waals surface area contributed by atoms with E-state index in [0.29, 0.717) is 5.56 Å². The highest BCUT2D eigenvalue weighted by molar-refractivity contribution is 7.32. The number of ketones is 1. The molecular weight excluding hydrogens is 952 g/mol. The lowest BCUT2D eigenvalue weighted by Gasteiger charge is -2.38. The summed E-state index contributed by atoms with van der Waals surface area (Å²) in [4.78, 5) is 151. The Morgan fingerprint density at radius 2 is 1.45 bits per heavy atom. The summed E-state index contributed by atoms with van der Waals surface area (Å²) in [5.41, 5.74) is 0.0319. The maximum atomic E-state index is 15.1. The summed E-state index contributed by atoms with van der Waals surface area (Å²) in [5.74, 6) is -12.9. The van der Waals surface area contributed by atoms with Crippen LogP contribution in [0.2, 0.25) is 0 Å². The molecule has 1 fully saturated rings. The third kappa shape index (κ3) is 17.0. The average Bonchev–Trinajstić information content (AvgIpc) is 3.29.